The first-order valence-corrected chi connectivity index (χ1v) is 7.17. The molecule has 0 aromatic heterocycles. The molecule has 1 aromatic rings. The van der Waals surface area contributed by atoms with Crippen molar-refractivity contribution in [2.24, 2.45) is 0 Å². The van der Waals surface area contributed by atoms with Crippen LogP contribution in [0.15, 0.2) is 24.3 Å². The predicted octanol–water partition coefficient (Wildman–Crippen LogP) is 1.69. The maximum Gasteiger partial charge on any atom is 0.238 e. The summed E-state index contributed by atoms with van der Waals surface area (Å²) in [5.41, 5.74) is 0.824. The molecule has 1 amide bonds. The van der Waals surface area contributed by atoms with Gasteiger partial charge in [0.05, 0.1) is 12.6 Å². The molecule has 0 saturated carbocycles. The average molecular weight is 360 g/mol. The van der Waals surface area contributed by atoms with Gasteiger partial charge in [0.1, 0.15) is 0 Å². The summed E-state index contributed by atoms with van der Waals surface area (Å²) >= 11 is 2.22. The number of nitrogens with zero attached hydrogens (tertiary/aromatic N) is 1. The molecule has 1 saturated heterocycles. The van der Waals surface area contributed by atoms with Gasteiger partial charge in [0.15, 0.2) is 0 Å². The van der Waals surface area contributed by atoms with Crippen LogP contribution >= 0.6 is 22.6 Å². The maximum atomic E-state index is 11.9. The number of halogens is 1. The number of piperidine rings is 1. The number of β-amino-alcohol motifs (C(OH)–C–C–N with tert-alkyl or cyclic N) is 1. The molecule has 1 atom stereocenters. The largest absolute Gasteiger partial charge is 0.392 e. The van der Waals surface area contributed by atoms with Gasteiger partial charge in [0.2, 0.25) is 5.91 Å². The zero-order valence-electron chi connectivity index (χ0n) is 10.1. The van der Waals surface area contributed by atoms with Crippen molar-refractivity contribution < 1.29 is 9.90 Å². The van der Waals surface area contributed by atoms with E-state index < -0.39 is 0 Å². The number of amides is 1. The van der Waals surface area contributed by atoms with Crippen LogP contribution in [0.5, 0.6) is 0 Å². The van der Waals surface area contributed by atoms with E-state index in [0.717, 1.165) is 28.6 Å². The number of nitrogens with one attached hydrogen (secondary N) is 1. The molecule has 5 heteroatoms. The smallest absolute Gasteiger partial charge is 0.238 e. The van der Waals surface area contributed by atoms with Gasteiger partial charge in [0, 0.05) is 15.8 Å². The van der Waals surface area contributed by atoms with Gasteiger partial charge in [0.25, 0.3) is 0 Å². The summed E-state index contributed by atoms with van der Waals surface area (Å²) in [6, 6.07) is 7.72. The Morgan fingerprint density at radius 1 is 1.56 bits per heavy atom. The topological polar surface area (TPSA) is 52.6 Å². The summed E-state index contributed by atoms with van der Waals surface area (Å²) in [6.07, 6.45) is 1.51. The van der Waals surface area contributed by atoms with Crippen LogP contribution in [-0.4, -0.2) is 41.7 Å². The van der Waals surface area contributed by atoms with E-state index in [2.05, 4.69) is 27.9 Å². The third-order valence-corrected chi connectivity index (χ3v) is 3.63. The molecule has 1 unspecified atom stereocenters. The summed E-state index contributed by atoms with van der Waals surface area (Å²) in [5, 5.41) is 12.4. The van der Waals surface area contributed by atoms with Gasteiger partial charge >= 0.3 is 0 Å². The zero-order chi connectivity index (χ0) is 13.0. The molecule has 0 bridgehead atoms. The summed E-state index contributed by atoms with van der Waals surface area (Å²) in [7, 11) is 0. The minimum atomic E-state index is -0.288. The average Bonchev–Trinajstić information content (AvgIpc) is 2.28. The van der Waals surface area contributed by atoms with Crippen LogP contribution in [0.25, 0.3) is 0 Å². The Bertz CT molecular complexity index is 425. The van der Waals surface area contributed by atoms with Crippen molar-refractivity contribution >= 4 is 34.2 Å². The van der Waals surface area contributed by atoms with Crippen molar-refractivity contribution in [3.8, 4) is 0 Å². The lowest BCUT2D eigenvalue weighted by molar-refractivity contribution is -0.118. The van der Waals surface area contributed by atoms with Crippen molar-refractivity contribution in [1.29, 1.82) is 0 Å². The third kappa shape index (κ3) is 4.22. The number of carbonyl (C=O) groups excluding carboxylic acids is 1. The van der Waals surface area contributed by atoms with E-state index in [9.17, 15) is 9.90 Å². The molecule has 0 radical (unpaired) electrons. The number of likely N-dealkylation sites (tertiary alicyclic amines) is 1. The molecule has 18 heavy (non-hydrogen) atoms. The molecule has 1 aromatic carbocycles. The van der Waals surface area contributed by atoms with Gasteiger partial charge in [-0.3, -0.25) is 9.69 Å². The zero-order valence-corrected chi connectivity index (χ0v) is 12.3. The molecule has 2 rings (SSSR count). The molecule has 0 aliphatic carbocycles. The fraction of sp³-hybridized carbons (Fsp3) is 0.462. The number of benzene rings is 1. The van der Waals surface area contributed by atoms with E-state index in [0.29, 0.717) is 13.1 Å². The van der Waals surface area contributed by atoms with Gasteiger partial charge in [-0.25, -0.2) is 0 Å². The van der Waals surface area contributed by atoms with Gasteiger partial charge in [-0.15, -0.1) is 0 Å². The van der Waals surface area contributed by atoms with Crippen molar-refractivity contribution in [3.05, 3.63) is 27.8 Å². The highest BCUT2D eigenvalue weighted by Crippen LogP contribution is 2.13. The van der Waals surface area contributed by atoms with Crippen molar-refractivity contribution in [2.75, 3.05) is 25.0 Å². The quantitative estimate of drug-likeness (QED) is 0.807. The molecule has 98 valence electrons. The summed E-state index contributed by atoms with van der Waals surface area (Å²) < 4.78 is 1.10. The Morgan fingerprint density at radius 2 is 2.39 bits per heavy atom. The molecule has 1 aliphatic rings. The van der Waals surface area contributed by atoms with Gasteiger partial charge in [-0.1, -0.05) is 6.07 Å². The van der Waals surface area contributed by atoms with Crippen LogP contribution in [0.1, 0.15) is 12.8 Å². The van der Waals surface area contributed by atoms with E-state index in [4.69, 9.17) is 0 Å². The van der Waals surface area contributed by atoms with Crippen molar-refractivity contribution in [1.82, 2.24) is 4.90 Å². The van der Waals surface area contributed by atoms with Crippen LogP contribution in [-0.2, 0) is 4.79 Å². The summed E-state index contributed by atoms with van der Waals surface area (Å²) in [5.74, 6) is -0.0221. The summed E-state index contributed by atoms with van der Waals surface area (Å²) in [4.78, 5) is 13.9. The van der Waals surface area contributed by atoms with E-state index in [-0.39, 0.29) is 12.0 Å². The number of aliphatic hydroxyl groups is 1. The fourth-order valence-electron chi connectivity index (χ4n) is 2.14. The lowest BCUT2D eigenvalue weighted by Gasteiger charge is -2.29. The lowest BCUT2D eigenvalue weighted by atomic mass is 10.1. The van der Waals surface area contributed by atoms with E-state index in [1.807, 2.05) is 29.2 Å². The first kappa shape index (κ1) is 13.8. The van der Waals surface area contributed by atoms with Crippen LogP contribution < -0.4 is 5.32 Å². The number of hydrogen-bond donors (Lipinski definition) is 2. The number of hydrogen-bond acceptors (Lipinski definition) is 3. The van der Waals surface area contributed by atoms with Gasteiger partial charge in [-0.05, 0) is 60.2 Å². The predicted molar refractivity (Wildman–Crippen MR) is 79.5 cm³/mol. The Morgan fingerprint density at radius 3 is 3.11 bits per heavy atom. The number of anilines is 1. The molecule has 1 heterocycles. The Hall–Kier alpha value is -0.660. The van der Waals surface area contributed by atoms with Crippen LogP contribution in [0.3, 0.4) is 0 Å². The first-order chi connectivity index (χ1) is 8.63. The minimum Gasteiger partial charge on any atom is -0.392 e. The van der Waals surface area contributed by atoms with Crippen molar-refractivity contribution in [2.45, 2.75) is 18.9 Å². The van der Waals surface area contributed by atoms with E-state index in [1.54, 1.807) is 0 Å². The normalized spacial score (nSPS) is 20.7. The SMILES string of the molecule is O=C(CN1CCCC(O)C1)Nc1cccc(I)c1. The van der Waals surface area contributed by atoms with Crippen LogP contribution in [0.4, 0.5) is 5.69 Å². The monoisotopic (exact) mass is 360 g/mol. The van der Waals surface area contributed by atoms with Gasteiger partial charge in [-0.2, -0.15) is 0 Å². The maximum absolute atomic E-state index is 11.9. The van der Waals surface area contributed by atoms with Crippen LogP contribution in [0, 0.1) is 3.57 Å². The van der Waals surface area contributed by atoms with E-state index in [1.165, 1.54) is 0 Å². The third-order valence-electron chi connectivity index (χ3n) is 2.96. The molecular weight excluding hydrogens is 343 g/mol. The van der Waals surface area contributed by atoms with Crippen molar-refractivity contribution in [3.63, 3.8) is 0 Å². The number of carbonyl (C=O) groups is 1. The second kappa shape index (κ2) is 6.49. The molecule has 1 aliphatic heterocycles. The molecule has 2 N–H and O–H groups in total. The number of aliphatic hydroxyl groups excluding tert-OH is 1. The van der Waals surface area contributed by atoms with Crippen LogP contribution in [0.2, 0.25) is 0 Å². The highest BCUT2D eigenvalue weighted by atomic mass is 127. The highest BCUT2D eigenvalue weighted by Gasteiger charge is 2.19. The fourth-order valence-corrected chi connectivity index (χ4v) is 2.69. The Balaban J connectivity index is 1.85. The molecule has 1 fully saturated rings. The second-order valence-corrected chi connectivity index (χ2v) is 5.84. The van der Waals surface area contributed by atoms with Gasteiger partial charge < -0.3 is 10.4 Å². The van der Waals surface area contributed by atoms with E-state index >= 15 is 0 Å². The molecular formula is C13H17IN2O2. The Labute approximate surface area is 121 Å². The standard InChI is InChI=1S/C13H17IN2O2/c14-10-3-1-4-11(7-10)15-13(18)9-16-6-2-5-12(17)8-16/h1,3-4,7,12,17H,2,5-6,8-9H2,(H,15,18). The second-order valence-electron chi connectivity index (χ2n) is 4.59. The first-order valence-electron chi connectivity index (χ1n) is 6.09. The summed E-state index contributed by atoms with van der Waals surface area (Å²) in [6.45, 7) is 1.83. The molecule has 0 spiro atoms. The Kier molecular flexibility index (Phi) is 4.96. The molecule has 4 nitrogen and oxygen atoms in total. The number of rotatable bonds is 3. The lowest BCUT2D eigenvalue weighted by Crippen LogP contribution is -2.42. The minimum absolute atomic E-state index is 0.0221. The highest BCUT2D eigenvalue weighted by molar-refractivity contribution is 14.1.